The van der Waals surface area contributed by atoms with E-state index in [9.17, 15) is 4.79 Å². The van der Waals surface area contributed by atoms with Crippen molar-refractivity contribution < 1.29 is 4.79 Å². The SMILES string of the molecule is O=C(Cn1c(CSc2ccccc2)nc2ccccc21)NN=Cc1ccc(Cl)c(Cl)c1. The van der Waals surface area contributed by atoms with Crippen molar-refractivity contribution in [3.8, 4) is 0 Å². The number of imidazole rings is 1. The highest BCUT2D eigenvalue weighted by atomic mass is 35.5. The number of para-hydroxylation sites is 2. The molecule has 0 bridgehead atoms. The molecule has 0 unspecified atom stereocenters. The quantitative estimate of drug-likeness (QED) is 0.212. The maximum atomic E-state index is 12.6. The van der Waals surface area contributed by atoms with E-state index in [0.29, 0.717) is 15.8 Å². The normalized spacial score (nSPS) is 11.3. The second-order valence-corrected chi connectivity index (χ2v) is 8.53. The number of halogens is 2. The highest BCUT2D eigenvalue weighted by Gasteiger charge is 2.13. The molecular formula is C23H18Cl2N4OS. The number of carbonyl (C=O) groups is 1. The van der Waals surface area contributed by atoms with Crippen LogP contribution < -0.4 is 5.43 Å². The standard InChI is InChI=1S/C23H18Cl2N4OS/c24-18-11-10-16(12-19(18)25)13-26-28-23(30)14-29-21-9-5-4-8-20(21)27-22(29)15-31-17-6-2-1-3-7-17/h1-13H,14-15H2,(H,28,30). The Morgan fingerprint density at radius 3 is 2.61 bits per heavy atom. The van der Waals surface area contributed by atoms with Crippen LogP contribution in [0.15, 0.2) is 82.8 Å². The third-order valence-electron chi connectivity index (χ3n) is 4.49. The van der Waals surface area contributed by atoms with Crippen molar-refractivity contribution in [1.82, 2.24) is 15.0 Å². The molecule has 0 aliphatic heterocycles. The predicted octanol–water partition coefficient (Wildman–Crippen LogP) is 5.79. The van der Waals surface area contributed by atoms with E-state index < -0.39 is 0 Å². The lowest BCUT2D eigenvalue weighted by molar-refractivity contribution is -0.121. The molecule has 156 valence electrons. The van der Waals surface area contributed by atoms with Crippen molar-refractivity contribution in [1.29, 1.82) is 0 Å². The van der Waals surface area contributed by atoms with E-state index in [1.54, 1.807) is 30.0 Å². The van der Waals surface area contributed by atoms with Gasteiger partial charge < -0.3 is 4.57 Å². The molecule has 1 N–H and O–H groups in total. The first-order valence-electron chi connectivity index (χ1n) is 9.49. The molecule has 31 heavy (non-hydrogen) atoms. The van der Waals surface area contributed by atoms with Crippen molar-refractivity contribution in [3.63, 3.8) is 0 Å². The molecule has 0 saturated carbocycles. The zero-order valence-electron chi connectivity index (χ0n) is 16.3. The summed E-state index contributed by atoms with van der Waals surface area (Å²) in [5, 5.41) is 4.93. The largest absolute Gasteiger partial charge is 0.318 e. The van der Waals surface area contributed by atoms with Crippen LogP contribution in [0.25, 0.3) is 11.0 Å². The van der Waals surface area contributed by atoms with Crippen molar-refractivity contribution >= 4 is 58.1 Å². The van der Waals surface area contributed by atoms with Gasteiger partial charge in [0.05, 0.1) is 33.0 Å². The van der Waals surface area contributed by atoms with Crippen molar-refractivity contribution in [3.05, 3.63) is 94.2 Å². The number of fused-ring (bicyclic) bond motifs is 1. The summed E-state index contributed by atoms with van der Waals surface area (Å²) in [6.07, 6.45) is 1.53. The zero-order valence-corrected chi connectivity index (χ0v) is 18.7. The van der Waals surface area contributed by atoms with Gasteiger partial charge in [-0.05, 0) is 42.0 Å². The molecule has 0 aliphatic rings. The van der Waals surface area contributed by atoms with Crippen LogP contribution in [0.5, 0.6) is 0 Å². The molecule has 0 aliphatic carbocycles. The topological polar surface area (TPSA) is 59.3 Å². The molecule has 0 saturated heterocycles. The van der Waals surface area contributed by atoms with Crippen LogP contribution in [0.4, 0.5) is 0 Å². The van der Waals surface area contributed by atoms with Crippen LogP contribution >= 0.6 is 35.0 Å². The summed E-state index contributed by atoms with van der Waals surface area (Å²) in [5.74, 6) is 1.24. The summed E-state index contributed by atoms with van der Waals surface area (Å²) in [7, 11) is 0. The lowest BCUT2D eigenvalue weighted by Gasteiger charge is -2.08. The summed E-state index contributed by atoms with van der Waals surface area (Å²) in [6, 6.07) is 23.0. The van der Waals surface area contributed by atoms with Gasteiger partial charge in [-0.25, -0.2) is 10.4 Å². The molecular weight excluding hydrogens is 451 g/mol. The molecule has 1 aromatic heterocycles. The summed E-state index contributed by atoms with van der Waals surface area (Å²) in [6.45, 7) is 0.115. The van der Waals surface area contributed by atoms with Gasteiger partial charge in [0.25, 0.3) is 5.91 Å². The minimum Gasteiger partial charge on any atom is -0.318 e. The maximum absolute atomic E-state index is 12.6. The van der Waals surface area contributed by atoms with Crippen LogP contribution in [0.2, 0.25) is 10.0 Å². The lowest BCUT2D eigenvalue weighted by Crippen LogP contribution is -2.24. The number of nitrogens with one attached hydrogen (secondary N) is 1. The van der Waals surface area contributed by atoms with E-state index in [0.717, 1.165) is 27.3 Å². The molecule has 4 aromatic rings. The molecule has 3 aromatic carbocycles. The Morgan fingerprint density at radius 2 is 1.81 bits per heavy atom. The number of rotatable bonds is 7. The fraction of sp³-hybridized carbons (Fsp3) is 0.0870. The second kappa shape index (κ2) is 10.0. The minimum atomic E-state index is -0.245. The van der Waals surface area contributed by atoms with E-state index in [2.05, 4.69) is 22.7 Å². The molecule has 8 heteroatoms. The minimum absolute atomic E-state index is 0.115. The maximum Gasteiger partial charge on any atom is 0.260 e. The molecule has 0 radical (unpaired) electrons. The number of hydrogen-bond acceptors (Lipinski definition) is 4. The molecule has 5 nitrogen and oxygen atoms in total. The van der Waals surface area contributed by atoms with Gasteiger partial charge in [0.2, 0.25) is 0 Å². The van der Waals surface area contributed by atoms with E-state index >= 15 is 0 Å². The second-order valence-electron chi connectivity index (χ2n) is 6.67. The van der Waals surface area contributed by atoms with Crippen LogP contribution in [0, 0.1) is 0 Å². The Kier molecular flexibility index (Phi) is 6.92. The Balaban J connectivity index is 1.47. The molecule has 1 heterocycles. The average Bonchev–Trinajstić information content (AvgIpc) is 3.13. The van der Waals surface area contributed by atoms with E-state index in [1.165, 1.54) is 6.21 Å². The highest BCUT2D eigenvalue weighted by Crippen LogP contribution is 2.25. The fourth-order valence-corrected chi connectivity index (χ4v) is 4.20. The smallest absolute Gasteiger partial charge is 0.260 e. The van der Waals surface area contributed by atoms with Gasteiger partial charge in [-0.3, -0.25) is 4.79 Å². The van der Waals surface area contributed by atoms with Gasteiger partial charge in [0.1, 0.15) is 12.4 Å². The Labute approximate surface area is 194 Å². The number of carbonyl (C=O) groups excluding carboxylic acids is 1. The summed E-state index contributed by atoms with van der Waals surface area (Å²) >= 11 is 13.6. The first-order chi connectivity index (χ1) is 15.1. The molecule has 0 atom stereocenters. The number of hydrogen-bond donors (Lipinski definition) is 1. The van der Waals surface area contributed by atoms with Gasteiger partial charge in [-0.15, -0.1) is 11.8 Å². The van der Waals surface area contributed by atoms with Gasteiger partial charge >= 0.3 is 0 Å². The molecule has 0 fully saturated rings. The molecule has 1 amide bonds. The number of hydrazone groups is 1. The highest BCUT2D eigenvalue weighted by molar-refractivity contribution is 7.98. The van der Waals surface area contributed by atoms with Crippen LogP contribution in [-0.4, -0.2) is 21.7 Å². The third kappa shape index (κ3) is 5.47. The molecule has 4 rings (SSSR count). The number of thioether (sulfide) groups is 1. The zero-order chi connectivity index (χ0) is 21.6. The molecule has 0 spiro atoms. The van der Waals surface area contributed by atoms with Crippen molar-refractivity contribution in [2.75, 3.05) is 0 Å². The number of amides is 1. The number of benzene rings is 3. The van der Waals surface area contributed by atoms with Crippen LogP contribution in [0.3, 0.4) is 0 Å². The lowest BCUT2D eigenvalue weighted by atomic mass is 10.2. The van der Waals surface area contributed by atoms with E-state index in [1.807, 2.05) is 47.0 Å². The summed E-state index contributed by atoms with van der Waals surface area (Å²) in [5.41, 5.74) is 5.08. The Bertz CT molecular complexity index is 1240. The van der Waals surface area contributed by atoms with Crippen molar-refractivity contribution in [2.24, 2.45) is 5.10 Å². The predicted molar refractivity (Wildman–Crippen MR) is 128 cm³/mol. The number of aromatic nitrogens is 2. The first kappa shape index (κ1) is 21.4. The van der Waals surface area contributed by atoms with E-state index in [4.69, 9.17) is 28.2 Å². The first-order valence-corrected chi connectivity index (χ1v) is 11.2. The summed E-state index contributed by atoms with van der Waals surface area (Å²) < 4.78 is 1.93. The third-order valence-corrected chi connectivity index (χ3v) is 6.24. The average molecular weight is 469 g/mol. The van der Waals surface area contributed by atoms with Crippen molar-refractivity contribution in [2.45, 2.75) is 17.2 Å². The van der Waals surface area contributed by atoms with E-state index in [-0.39, 0.29) is 12.5 Å². The van der Waals surface area contributed by atoms with Gasteiger partial charge in [-0.2, -0.15) is 5.10 Å². The van der Waals surface area contributed by atoms with Crippen LogP contribution in [0.1, 0.15) is 11.4 Å². The monoisotopic (exact) mass is 468 g/mol. The number of nitrogens with zero attached hydrogens (tertiary/aromatic N) is 3. The summed E-state index contributed by atoms with van der Waals surface area (Å²) in [4.78, 5) is 18.4. The van der Waals surface area contributed by atoms with Crippen LogP contribution in [-0.2, 0) is 17.1 Å². The van der Waals surface area contributed by atoms with Gasteiger partial charge in [-0.1, -0.05) is 59.6 Å². The fourth-order valence-electron chi connectivity index (χ4n) is 3.03. The van der Waals surface area contributed by atoms with Gasteiger partial charge in [0.15, 0.2) is 0 Å². The Morgan fingerprint density at radius 1 is 1.03 bits per heavy atom. The van der Waals surface area contributed by atoms with Gasteiger partial charge in [0, 0.05) is 4.90 Å². The Hall–Kier alpha value is -2.80.